The number of halogens is 1. The van der Waals surface area contributed by atoms with Gasteiger partial charge in [0.15, 0.2) is 5.78 Å². The molecule has 2 saturated heterocycles. The van der Waals surface area contributed by atoms with E-state index in [4.69, 9.17) is 4.74 Å². The van der Waals surface area contributed by atoms with Gasteiger partial charge in [0, 0.05) is 5.56 Å². The number of anilines is 1. The number of hydrazone groups is 1. The molecule has 3 aliphatic rings. The van der Waals surface area contributed by atoms with Gasteiger partial charge >= 0.3 is 0 Å². The maximum Gasteiger partial charge on any atom is 0.240 e. The highest BCUT2D eigenvalue weighted by Gasteiger charge is 2.65. The van der Waals surface area contributed by atoms with E-state index >= 15 is 0 Å². The number of amides is 2. The third-order valence-corrected chi connectivity index (χ3v) is 7.02. The molecule has 0 radical (unpaired) electrons. The first-order chi connectivity index (χ1) is 17.0. The molecule has 0 bridgehead atoms. The molecule has 2 amide bonds. The second-order valence-electron chi connectivity index (χ2n) is 8.75. The minimum Gasteiger partial charge on any atom is -0.495 e. The van der Waals surface area contributed by atoms with Crippen LogP contribution in [0.25, 0.3) is 0 Å². The van der Waals surface area contributed by atoms with Crippen LogP contribution in [0, 0.1) is 17.7 Å². The number of rotatable bonds is 4. The number of nitrogens with zero attached hydrogens (tertiary/aromatic N) is 3. The fraction of sp³-hybridized carbons (Fsp3) is 0.185. The topological polar surface area (TPSA) is 79.3 Å². The Morgan fingerprint density at radius 2 is 1.60 bits per heavy atom. The summed E-state index contributed by atoms with van der Waals surface area (Å²) in [5, 5.41) is 6.11. The number of benzene rings is 3. The van der Waals surface area contributed by atoms with Crippen molar-refractivity contribution in [3.63, 3.8) is 0 Å². The lowest BCUT2D eigenvalue weighted by atomic mass is 9.83. The van der Waals surface area contributed by atoms with E-state index in [1.54, 1.807) is 35.5 Å². The highest BCUT2D eigenvalue weighted by atomic mass is 19.1. The fourth-order valence-electron chi connectivity index (χ4n) is 5.51. The van der Waals surface area contributed by atoms with Crippen molar-refractivity contribution in [3.8, 4) is 5.75 Å². The van der Waals surface area contributed by atoms with Crippen LogP contribution in [0.1, 0.15) is 27.5 Å². The number of hydrogen-bond acceptors (Lipinski definition) is 6. The first kappa shape index (κ1) is 21.2. The van der Waals surface area contributed by atoms with Gasteiger partial charge in [0.1, 0.15) is 17.6 Å². The molecule has 2 fully saturated rings. The van der Waals surface area contributed by atoms with E-state index in [-0.39, 0.29) is 11.3 Å². The molecule has 0 aliphatic carbocycles. The zero-order valence-corrected chi connectivity index (χ0v) is 18.7. The second kappa shape index (κ2) is 7.87. The van der Waals surface area contributed by atoms with E-state index in [0.717, 1.165) is 16.0 Å². The van der Waals surface area contributed by atoms with Gasteiger partial charge in [-0.15, -0.1) is 0 Å². The summed E-state index contributed by atoms with van der Waals surface area (Å²) >= 11 is 0. The minimum absolute atomic E-state index is 0.251. The Balaban J connectivity index is 1.51. The molecule has 6 rings (SSSR count). The molecule has 8 heteroatoms. The SMILES string of the molecule is COc1ccccc1N1C(=O)[C@@H]2[C@@H](C1=O)[C@H]1c3ccccc3C=NN1[C@@H]2C(=O)c1ccc(F)cc1. The maximum absolute atomic E-state index is 13.9. The summed E-state index contributed by atoms with van der Waals surface area (Å²) in [7, 11) is 1.47. The van der Waals surface area contributed by atoms with E-state index in [0.29, 0.717) is 11.4 Å². The normalized spacial score (nSPS) is 24.3. The number of imide groups is 1. The van der Waals surface area contributed by atoms with Crippen LogP contribution in [-0.4, -0.2) is 42.0 Å². The average molecular weight is 469 g/mol. The Morgan fingerprint density at radius 1 is 0.914 bits per heavy atom. The molecule has 3 aromatic carbocycles. The van der Waals surface area contributed by atoms with Crippen molar-refractivity contribution in [2.75, 3.05) is 12.0 Å². The van der Waals surface area contributed by atoms with Crippen molar-refractivity contribution in [2.24, 2.45) is 16.9 Å². The number of Topliss-reactive ketones (excluding diaryl/α,β-unsaturated/α-hetero) is 1. The largest absolute Gasteiger partial charge is 0.495 e. The van der Waals surface area contributed by atoms with Crippen molar-refractivity contribution in [3.05, 3.63) is 95.3 Å². The number of fused-ring (bicyclic) bond motifs is 5. The second-order valence-corrected chi connectivity index (χ2v) is 8.75. The van der Waals surface area contributed by atoms with Crippen molar-refractivity contribution in [2.45, 2.75) is 12.1 Å². The lowest BCUT2D eigenvalue weighted by Gasteiger charge is -2.33. The molecule has 3 aliphatic heterocycles. The first-order valence-corrected chi connectivity index (χ1v) is 11.2. The van der Waals surface area contributed by atoms with Gasteiger partial charge in [-0.1, -0.05) is 36.4 Å². The van der Waals surface area contributed by atoms with Crippen molar-refractivity contribution < 1.29 is 23.5 Å². The van der Waals surface area contributed by atoms with Crippen LogP contribution in [0.5, 0.6) is 5.75 Å². The number of carbonyl (C=O) groups is 3. The summed E-state index contributed by atoms with van der Waals surface area (Å²) in [6.07, 6.45) is 1.64. The van der Waals surface area contributed by atoms with Crippen LogP contribution in [0.4, 0.5) is 10.1 Å². The van der Waals surface area contributed by atoms with Crippen molar-refractivity contribution in [1.82, 2.24) is 5.01 Å². The summed E-state index contributed by atoms with van der Waals surface area (Å²) < 4.78 is 18.9. The maximum atomic E-state index is 13.9. The molecule has 0 unspecified atom stereocenters. The van der Waals surface area contributed by atoms with Gasteiger partial charge in [-0.05, 0) is 47.5 Å². The van der Waals surface area contributed by atoms with Gasteiger partial charge in [0.05, 0.1) is 36.9 Å². The number of ether oxygens (including phenoxy) is 1. The molecule has 0 spiro atoms. The van der Waals surface area contributed by atoms with E-state index < -0.39 is 41.6 Å². The summed E-state index contributed by atoms with van der Waals surface area (Å²) in [6, 6.07) is 17.9. The van der Waals surface area contributed by atoms with E-state index in [2.05, 4.69) is 5.10 Å². The van der Waals surface area contributed by atoms with E-state index in [9.17, 15) is 18.8 Å². The van der Waals surface area contributed by atoms with Crippen LogP contribution >= 0.6 is 0 Å². The molecule has 3 aromatic rings. The molecule has 0 aromatic heterocycles. The molecule has 0 N–H and O–H groups in total. The van der Waals surface area contributed by atoms with Gasteiger partial charge in [-0.25, -0.2) is 9.29 Å². The Bertz CT molecular complexity index is 1400. The zero-order valence-electron chi connectivity index (χ0n) is 18.7. The molecule has 7 nitrogen and oxygen atoms in total. The summed E-state index contributed by atoms with van der Waals surface area (Å²) in [6.45, 7) is 0. The molecular weight excluding hydrogens is 449 g/mol. The van der Waals surface area contributed by atoms with Crippen LogP contribution in [0.3, 0.4) is 0 Å². The van der Waals surface area contributed by atoms with E-state index in [1.165, 1.54) is 31.4 Å². The van der Waals surface area contributed by atoms with Gasteiger partial charge in [0.25, 0.3) is 0 Å². The van der Waals surface area contributed by atoms with Gasteiger partial charge in [-0.3, -0.25) is 19.4 Å². The molecule has 3 heterocycles. The summed E-state index contributed by atoms with van der Waals surface area (Å²) in [5.74, 6) is -3.13. The number of hydrogen-bond donors (Lipinski definition) is 0. The predicted octanol–water partition coefficient (Wildman–Crippen LogP) is 3.60. The first-order valence-electron chi connectivity index (χ1n) is 11.2. The quantitative estimate of drug-likeness (QED) is 0.431. The Kier molecular flexibility index (Phi) is 4.77. The third kappa shape index (κ3) is 3.02. The summed E-state index contributed by atoms with van der Waals surface area (Å²) in [4.78, 5) is 42.6. The predicted molar refractivity (Wildman–Crippen MR) is 126 cm³/mol. The van der Waals surface area contributed by atoms with Crippen LogP contribution in [-0.2, 0) is 9.59 Å². The van der Waals surface area contributed by atoms with Crippen LogP contribution < -0.4 is 9.64 Å². The zero-order chi connectivity index (χ0) is 24.3. The van der Waals surface area contributed by atoms with Crippen LogP contribution in [0.2, 0.25) is 0 Å². The molecule has 35 heavy (non-hydrogen) atoms. The lowest BCUT2D eigenvalue weighted by Crippen LogP contribution is -2.44. The highest BCUT2D eigenvalue weighted by Crippen LogP contribution is 2.53. The lowest BCUT2D eigenvalue weighted by molar-refractivity contribution is -0.124. The third-order valence-electron chi connectivity index (χ3n) is 7.02. The standard InChI is InChI=1S/C27H20FN3O4/c1-35-20-9-5-4-8-19(20)30-26(33)21-22(27(30)34)24(25(32)15-10-12-17(28)13-11-15)31-23(21)18-7-3-2-6-16(18)14-29-31/h2-14,21-24H,1H3/t21-,22-,23-,24+/m1/s1. The Hall–Kier alpha value is -4.33. The molecular formula is C27H20FN3O4. The number of carbonyl (C=O) groups excluding carboxylic acids is 3. The van der Waals surface area contributed by atoms with Crippen molar-refractivity contribution >= 4 is 29.5 Å². The summed E-state index contributed by atoms with van der Waals surface area (Å²) in [5.41, 5.74) is 2.25. The molecule has 0 saturated carbocycles. The van der Waals surface area contributed by atoms with Gasteiger partial charge < -0.3 is 4.74 Å². The fourth-order valence-corrected chi connectivity index (χ4v) is 5.51. The Morgan fingerprint density at radius 3 is 2.37 bits per heavy atom. The van der Waals surface area contributed by atoms with Crippen molar-refractivity contribution in [1.29, 1.82) is 0 Å². The number of ketones is 1. The van der Waals surface area contributed by atoms with Crippen LogP contribution in [0.15, 0.2) is 77.9 Å². The van der Waals surface area contributed by atoms with Gasteiger partial charge in [-0.2, -0.15) is 5.10 Å². The highest BCUT2D eigenvalue weighted by molar-refractivity contribution is 6.25. The molecule has 174 valence electrons. The minimum atomic E-state index is -1.02. The average Bonchev–Trinajstić information content (AvgIpc) is 3.36. The molecule has 4 atom stereocenters. The number of para-hydroxylation sites is 2. The smallest absolute Gasteiger partial charge is 0.240 e. The monoisotopic (exact) mass is 469 g/mol. The van der Waals surface area contributed by atoms with E-state index in [1.807, 2.05) is 24.3 Å². The van der Waals surface area contributed by atoms with Gasteiger partial charge in [0.2, 0.25) is 11.8 Å². The Labute approximate surface area is 200 Å². The number of methoxy groups -OCH3 is 1.